The van der Waals surface area contributed by atoms with Gasteiger partial charge in [0.2, 0.25) is 0 Å². The number of carbonyl (C=O) groups is 1. The van der Waals surface area contributed by atoms with E-state index in [1.165, 1.54) is 0 Å². The van der Waals surface area contributed by atoms with Gasteiger partial charge in [0.15, 0.2) is 0 Å². The van der Waals surface area contributed by atoms with E-state index >= 15 is 0 Å². The molecule has 0 aliphatic carbocycles. The van der Waals surface area contributed by atoms with Crippen LogP contribution in [0, 0.1) is 0 Å². The van der Waals surface area contributed by atoms with Gasteiger partial charge in [-0.25, -0.2) is 0 Å². The number of aryl methyl sites for hydroxylation is 1. The third-order valence-electron chi connectivity index (χ3n) is 4.16. The van der Waals surface area contributed by atoms with Crippen molar-refractivity contribution in [3.05, 3.63) is 65.9 Å². The van der Waals surface area contributed by atoms with Crippen molar-refractivity contribution in [2.24, 2.45) is 0 Å². The summed E-state index contributed by atoms with van der Waals surface area (Å²) in [6.07, 6.45) is 3.21. The fourth-order valence-corrected chi connectivity index (χ4v) is 2.78. The van der Waals surface area contributed by atoms with Crippen molar-refractivity contribution in [2.45, 2.75) is 32.8 Å². The zero-order chi connectivity index (χ0) is 19.1. The summed E-state index contributed by atoms with van der Waals surface area (Å²) in [5.41, 5.74) is 2.82. The molecule has 0 unspecified atom stereocenters. The maximum atomic E-state index is 10.8. The molecule has 1 heterocycles. The molecule has 1 N–H and O–H groups in total. The van der Waals surface area contributed by atoms with Crippen LogP contribution in [0.2, 0.25) is 0 Å². The molecule has 1 aromatic heterocycles. The van der Waals surface area contributed by atoms with Crippen molar-refractivity contribution in [1.82, 2.24) is 4.98 Å². The van der Waals surface area contributed by atoms with Crippen molar-refractivity contribution < 1.29 is 19.4 Å². The van der Waals surface area contributed by atoms with Gasteiger partial charge >= 0.3 is 5.97 Å². The Kier molecular flexibility index (Phi) is 6.26. The van der Waals surface area contributed by atoms with Gasteiger partial charge < -0.3 is 14.6 Å². The maximum absolute atomic E-state index is 10.8. The fourth-order valence-electron chi connectivity index (χ4n) is 2.78. The number of carboxylic acids is 1. The van der Waals surface area contributed by atoms with Crippen LogP contribution in [0.3, 0.4) is 0 Å². The number of rotatable bonds is 9. The van der Waals surface area contributed by atoms with Gasteiger partial charge in [-0.3, -0.25) is 9.78 Å². The minimum absolute atomic E-state index is 0.0748. The third kappa shape index (κ3) is 5.20. The molecule has 0 aliphatic rings. The standard InChI is InChI=1S/C22H23NO4/c1-2-11-26-21-13-19(9-7-17(21)8-10-22(24)25)27-15-16-12-18-5-3-4-6-20(18)23-14-16/h3-7,9,12-14H,2,8,10-11,15H2,1H3,(H,24,25). The SMILES string of the molecule is CCCOc1cc(OCc2cnc3ccccc3c2)ccc1CCC(=O)O. The Morgan fingerprint density at radius 3 is 2.78 bits per heavy atom. The first-order chi connectivity index (χ1) is 13.2. The second-order valence-electron chi connectivity index (χ2n) is 6.34. The summed E-state index contributed by atoms with van der Waals surface area (Å²) in [4.78, 5) is 15.3. The van der Waals surface area contributed by atoms with Crippen LogP contribution < -0.4 is 9.47 Å². The van der Waals surface area contributed by atoms with E-state index in [1.807, 2.05) is 55.6 Å². The lowest BCUT2D eigenvalue weighted by Gasteiger charge is -2.13. The normalized spacial score (nSPS) is 10.7. The van der Waals surface area contributed by atoms with Crippen molar-refractivity contribution in [3.63, 3.8) is 0 Å². The van der Waals surface area contributed by atoms with Crippen LogP contribution in [0.1, 0.15) is 30.9 Å². The zero-order valence-corrected chi connectivity index (χ0v) is 15.4. The molecular formula is C22H23NO4. The van der Waals surface area contributed by atoms with Crippen molar-refractivity contribution >= 4 is 16.9 Å². The van der Waals surface area contributed by atoms with Crippen molar-refractivity contribution in [3.8, 4) is 11.5 Å². The number of carboxylic acid groups (broad SMARTS) is 1. The van der Waals surface area contributed by atoms with Gasteiger partial charge in [0.05, 0.1) is 12.1 Å². The first-order valence-electron chi connectivity index (χ1n) is 9.09. The quantitative estimate of drug-likeness (QED) is 0.599. The Bertz CT molecular complexity index is 923. The molecule has 0 amide bonds. The number of hydrogen-bond acceptors (Lipinski definition) is 4. The van der Waals surface area contributed by atoms with Gasteiger partial charge in [-0.15, -0.1) is 0 Å². The number of pyridine rings is 1. The van der Waals surface area contributed by atoms with Gasteiger partial charge in [0.1, 0.15) is 18.1 Å². The first kappa shape index (κ1) is 18.7. The van der Waals surface area contributed by atoms with Crippen LogP contribution in [-0.2, 0) is 17.8 Å². The predicted molar refractivity (Wildman–Crippen MR) is 104 cm³/mol. The third-order valence-corrected chi connectivity index (χ3v) is 4.16. The minimum atomic E-state index is -0.819. The topological polar surface area (TPSA) is 68.7 Å². The van der Waals surface area contributed by atoms with Crippen LogP contribution in [0.15, 0.2) is 54.7 Å². The molecule has 2 aromatic carbocycles. The van der Waals surface area contributed by atoms with Crippen LogP contribution in [0.5, 0.6) is 11.5 Å². The molecule has 0 atom stereocenters. The molecule has 0 saturated heterocycles. The molecule has 0 aliphatic heterocycles. The highest BCUT2D eigenvalue weighted by Gasteiger charge is 2.09. The van der Waals surface area contributed by atoms with E-state index in [4.69, 9.17) is 14.6 Å². The van der Waals surface area contributed by atoms with E-state index in [1.54, 1.807) is 0 Å². The predicted octanol–water partition coefficient (Wildman–Crippen LogP) is 4.62. The Morgan fingerprint density at radius 2 is 1.96 bits per heavy atom. The van der Waals surface area contributed by atoms with E-state index in [9.17, 15) is 4.79 Å². The van der Waals surface area contributed by atoms with Gasteiger partial charge in [-0.2, -0.15) is 0 Å². The van der Waals surface area contributed by atoms with Crippen LogP contribution in [0.25, 0.3) is 10.9 Å². The van der Waals surface area contributed by atoms with Crippen LogP contribution in [0.4, 0.5) is 0 Å². The number of benzene rings is 2. The summed E-state index contributed by atoms with van der Waals surface area (Å²) in [6, 6.07) is 15.6. The highest BCUT2D eigenvalue weighted by atomic mass is 16.5. The molecule has 0 bridgehead atoms. The summed E-state index contributed by atoms with van der Waals surface area (Å²) >= 11 is 0. The van der Waals surface area contributed by atoms with Crippen molar-refractivity contribution in [1.29, 1.82) is 0 Å². The van der Waals surface area contributed by atoms with Gasteiger partial charge in [-0.1, -0.05) is 31.2 Å². The average molecular weight is 365 g/mol. The molecule has 5 nitrogen and oxygen atoms in total. The van der Waals surface area contributed by atoms with E-state index in [0.29, 0.717) is 31.1 Å². The second kappa shape index (κ2) is 9.03. The second-order valence-corrected chi connectivity index (χ2v) is 6.34. The van der Waals surface area contributed by atoms with Gasteiger partial charge in [0, 0.05) is 29.6 Å². The zero-order valence-electron chi connectivity index (χ0n) is 15.4. The van der Waals surface area contributed by atoms with Crippen LogP contribution >= 0.6 is 0 Å². The monoisotopic (exact) mass is 365 g/mol. The Morgan fingerprint density at radius 1 is 1.11 bits per heavy atom. The minimum Gasteiger partial charge on any atom is -0.493 e. The summed E-state index contributed by atoms with van der Waals surface area (Å²) in [7, 11) is 0. The molecule has 3 aromatic rings. The molecule has 140 valence electrons. The lowest BCUT2D eigenvalue weighted by atomic mass is 10.1. The number of aliphatic carboxylic acids is 1. The number of fused-ring (bicyclic) bond motifs is 1. The highest BCUT2D eigenvalue weighted by molar-refractivity contribution is 5.78. The molecule has 0 saturated carbocycles. The number of para-hydroxylation sites is 1. The smallest absolute Gasteiger partial charge is 0.303 e. The molecule has 0 spiro atoms. The number of aromatic nitrogens is 1. The molecule has 0 radical (unpaired) electrons. The largest absolute Gasteiger partial charge is 0.493 e. The Labute approximate surface area is 158 Å². The maximum Gasteiger partial charge on any atom is 0.303 e. The summed E-state index contributed by atoms with van der Waals surface area (Å²) in [5, 5.41) is 9.99. The first-order valence-corrected chi connectivity index (χ1v) is 9.09. The van der Waals surface area contributed by atoms with Crippen molar-refractivity contribution in [2.75, 3.05) is 6.61 Å². The average Bonchev–Trinajstić information content (AvgIpc) is 2.69. The fraction of sp³-hybridized carbons (Fsp3) is 0.273. The summed E-state index contributed by atoms with van der Waals surface area (Å²) < 4.78 is 11.7. The highest BCUT2D eigenvalue weighted by Crippen LogP contribution is 2.27. The number of hydrogen-bond donors (Lipinski definition) is 1. The van der Waals surface area contributed by atoms with E-state index in [2.05, 4.69) is 11.1 Å². The number of nitrogens with zero attached hydrogens (tertiary/aromatic N) is 1. The van der Waals surface area contributed by atoms with E-state index in [0.717, 1.165) is 28.5 Å². The Hall–Kier alpha value is -3.08. The summed E-state index contributed by atoms with van der Waals surface area (Å²) in [5.74, 6) is 0.557. The molecular weight excluding hydrogens is 342 g/mol. The number of ether oxygens (including phenoxy) is 2. The summed E-state index contributed by atoms with van der Waals surface area (Å²) in [6.45, 7) is 3.02. The Balaban J connectivity index is 1.71. The molecule has 3 rings (SSSR count). The molecule has 0 fully saturated rings. The lowest BCUT2D eigenvalue weighted by Crippen LogP contribution is -2.03. The van der Waals surface area contributed by atoms with Crippen LogP contribution in [-0.4, -0.2) is 22.7 Å². The molecule has 27 heavy (non-hydrogen) atoms. The molecule has 5 heteroatoms. The van der Waals surface area contributed by atoms with E-state index in [-0.39, 0.29) is 6.42 Å². The van der Waals surface area contributed by atoms with E-state index < -0.39 is 5.97 Å². The van der Waals surface area contributed by atoms with Gasteiger partial charge in [-0.05, 0) is 36.6 Å². The van der Waals surface area contributed by atoms with Gasteiger partial charge in [0.25, 0.3) is 0 Å². The lowest BCUT2D eigenvalue weighted by molar-refractivity contribution is -0.136.